The van der Waals surface area contributed by atoms with Crippen LogP contribution in [0.25, 0.3) is 21.5 Å². The molecule has 3 aliphatic rings. The van der Waals surface area contributed by atoms with Crippen molar-refractivity contribution in [2.75, 3.05) is 9.13 Å². The normalized spacial score (nSPS) is 19.0. The Bertz CT molecular complexity index is 1870. The minimum Gasteiger partial charge on any atom is -0.296 e. The van der Waals surface area contributed by atoms with Crippen LogP contribution in [0, 0.1) is 0 Å². The molecule has 1 atom stereocenters. The highest BCUT2D eigenvalue weighted by molar-refractivity contribution is 6.79. The van der Waals surface area contributed by atoms with Crippen LogP contribution in [0.3, 0.4) is 0 Å². The van der Waals surface area contributed by atoms with Gasteiger partial charge < -0.3 is 0 Å². The predicted octanol–water partition coefficient (Wildman–Crippen LogP) is 8.57. The largest absolute Gasteiger partial charge is 0.640 e. The minimum absolute atomic E-state index is 0.737. The number of rotatable bonds is 1. The van der Waals surface area contributed by atoms with Gasteiger partial charge in [0.1, 0.15) is 11.4 Å². The third kappa shape index (κ3) is 1.98. The van der Waals surface area contributed by atoms with E-state index in [0.29, 0.717) is 0 Å². The highest BCUT2D eigenvalue weighted by atomic mass is 28.3. The van der Waals surface area contributed by atoms with Gasteiger partial charge in [-0.25, -0.2) is 4.15 Å². The third-order valence-corrected chi connectivity index (χ3v) is 11.2. The molecule has 0 amide bonds. The minimum atomic E-state index is -1.51. The van der Waals surface area contributed by atoms with Crippen LogP contribution in [0.4, 0.5) is 39.8 Å². The van der Waals surface area contributed by atoms with Gasteiger partial charge in [0, 0.05) is 22.8 Å². The SMILES string of the molecule is c1ccc([N+]23c4ccccc4N4c5cccc6cccc(c56)N(c5cccc6cccc2c56)[Si]43)cc1. The first-order valence-corrected chi connectivity index (χ1v) is 13.8. The quantitative estimate of drug-likeness (QED) is 0.220. The van der Waals surface area contributed by atoms with E-state index < -0.39 is 9.28 Å². The molecule has 0 bridgehead atoms. The lowest BCUT2D eigenvalue weighted by molar-refractivity contribution is 0.777. The number of quaternary nitrogens is 1. The molecule has 0 spiro atoms. The highest BCUT2D eigenvalue weighted by Crippen LogP contribution is 2.65. The maximum atomic E-state index is 2.71. The van der Waals surface area contributed by atoms with E-state index in [1.807, 2.05) is 0 Å². The molecule has 1 radical (unpaired) electrons. The molecule has 6 aromatic carbocycles. The summed E-state index contributed by atoms with van der Waals surface area (Å²) in [6.07, 6.45) is 0. The average Bonchev–Trinajstić information content (AvgIpc) is 3.26. The third-order valence-electron chi connectivity index (χ3n) is 8.13. The van der Waals surface area contributed by atoms with Crippen LogP contribution in [-0.4, -0.2) is 9.28 Å². The molecule has 0 saturated heterocycles. The van der Waals surface area contributed by atoms with E-state index in [2.05, 4.69) is 137 Å². The second-order valence-electron chi connectivity index (χ2n) is 9.77. The molecule has 1 unspecified atom stereocenters. The molecular weight excluding hydrogens is 454 g/mol. The van der Waals surface area contributed by atoms with E-state index >= 15 is 0 Å². The highest BCUT2D eigenvalue weighted by Gasteiger charge is 2.68. The van der Waals surface area contributed by atoms with E-state index in [9.17, 15) is 0 Å². The zero-order valence-corrected chi connectivity index (χ0v) is 20.5. The average molecular weight is 476 g/mol. The Morgan fingerprint density at radius 2 is 0.917 bits per heavy atom. The van der Waals surface area contributed by atoms with Gasteiger partial charge in [0.15, 0.2) is 5.69 Å². The summed E-state index contributed by atoms with van der Waals surface area (Å²) in [7, 11) is -1.51. The Labute approximate surface area is 211 Å². The Morgan fingerprint density at radius 1 is 0.417 bits per heavy atom. The van der Waals surface area contributed by atoms with Crippen LogP contribution in [0.15, 0.2) is 127 Å². The predicted molar refractivity (Wildman–Crippen MR) is 152 cm³/mol. The van der Waals surface area contributed by atoms with Crippen molar-refractivity contribution >= 4 is 70.6 Å². The van der Waals surface area contributed by atoms with Crippen LogP contribution >= 0.6 is 0 Å². The van der Waals surface area contributed by atoms with Crippen molar-refractivity contribution in [3.63, 3.8) is 0 Å². The summed E-state index contributed by atoms with van der Waals surface area (Å²) in [5, 5.41) is 5.28. The smallest absolute Gasteiger partial charge is 0.296 e. The van der Waals surface area contributed by atoms with Gasteiger partial charge in [-0.3, -0.25) is 9.13 Å². The molecular formula is C32H21N3Si+. The van der Waals surface area contributed by atoms with Crippen LogP contribution in [-0.2, 0) is 0 Å². The maximum absolute atomic E-state index is 2.71. The zero-order valence-electron chi connectivity index (χ0n) is 19.5. The van der Waals surface area contributed by atoms with Crippen LogP contribution in [0.5, 0.6) is 0 Å². The molecule has 3 heterocycles. The van der Waals surface area contributed by atoms with Gasteiger partial charge in [0.25, 0.3) is 0 Å². The molecule has 3 nitrogen and oxygen atoms in total. The van der Waals surface area contributed by atoms with Crippen LogP contribution < -0.4 is 13.3 Å². The number of fused-ring (bicyclic) bond motifs is 7. The molecule has 9 rings (SSSR count). The van der Waals surface area contributed by atoms with Gasteiger partial charge in [-0.15, -0.1) is 0 Å². The first-order valence-electron chi connectivity index (χ1n) is 12.5. The van der Waals surface area contributed by atoms with Crippen molar-refractivity contribution in [3.05, 3.63) is 127 Å². The molecule has 167 valence electrons. The Kier molecular flexibility index (Phi) is 3.37. The van der Waals surface area contributed by atoms with Crippen molar-refractivity contribution in [2.45, 2.75) is 0 Å². The van der Waals surface area contributed by atoms with Crippen molar-refractivity contribution in [3.8, 4) is 0 Å². The Morgan fingerprint density at radius 3 is 1.64 bits per heavy atom. The summed E-state index contributed by atoms with van der Waals surface area (Å²) >= 11 is 0. The number of hydrogen-bond donors (Lipinski definition) is 0. The van der Waals surface area contributed by atoms with Crippen LogP contribution in [0.1, 0.15) is 0 Å². The molecule has 0 saturated carbocycles. The monoisotopic (exact) mass is 475 g/mol. The molecule has 0 fully saturated rings. The summed E-state index contributed by atoms with van der Waals surface area (Å²) < 4.78 is 6.14. The molecule has 0 aliphatic carbocycles. The molecule has 36 heavy (non-hydrogen) atoms. The molecule has 4 heteroatoms. The van der Waals surface area contributed by atoms with Gasteiger partial charge in [-0.1, -0.05) is 78.9 Å². The van der Waals surface area contributed by atoms with Crippen molar-refractivity contribution in [1.82, 2.24) is 4.15 Å². The maximum Gasteiger partial charge on any atom is 0.640 e. The number of nitrogens with zero attached hydrogens (tertiary/aromatic N) is 3. The topological polar surface area (TPSA) is 6.48 Å². The van der Waals surface area contributed by atoms with Crippen molar-refractivity contribution in [1.29, 1.82) is 0 Å². The van der Waals surface area contributed by atoms with E-state index in [1.165, 1.54) is 61.4 Å². The summed E-state index contributed by atoms with van der Waals surface area (Å²) in [6.45, 7) is 0. The fourth-order valence-electron chi connectivity index (χ4n) is 6.86. The van der Waals surface area contributed by atoms with E-state index in [4.69, 9.17) is 0 Å². The molecule has 3 aliphatic heterocycles. The summed E-state index contributed by atoms with van der Waals surface area (Å²) in [6, 6.07) is 47.5. The summed E-state index contributed by atoms with van der Waals surface area (Å²) in [5.74, 6) is 0. The molecule has 0 aromatic heterocycles. The number of anilines is 4. The second kappa shape index (κ2) is 6.43. The summed E-state index contributed by atoms with van der Waals surface area (Å²) in [5.41, 5.74) is 9.33. The van der Waals surface area contributed by atoms with Gasteiger partial charge >= 0.3 is 9.28 Å². The zero-order chi connectivity index (χ0) is 23.4. The molecule has 6 aromatic rings. The Balaban J connectivity index is 1.58. The van der Waals surface area contributed by atoms with Crippen molar-refractivity contribution < 1.29 is 0 Å². The lowest BCUT2D eigenvalue weighted by Gasteiger charge is -2.48. The summed E-state index contributed by atoms with van der Waals surface area (Å²) in [4.78, 5) is 0. The van der Waals surface area contributed by atoms with E-state index in [0.717, 1.165) is 4.15 Å². The number of hydrogen-bond acceptors (Lipinski definition) is 2. The fourth-order valence-corrected chi connectivity index (χ4v) is 10.5. The number of para-hydroxylation sites is 3. The van der Waals surface area contributed by atoms with Gasteiger partial charge in [-0.2, -0.15) is 0 Å². The molecule has 0 N–H and O–H groups in total. The van der Waals surface area contributed by atoms with E-state index in [-0.39, 0.29) is 0 Å². The van der Waals surface area contributed by atoms with Crippen LogP contribution in [0.2, 0.25) is 0 Å². The first-order chi connectivity index (χ1) is 17.9. The van der Waals surface area contributed by atoms with Gasteiger partial charge in [-0.05, 0) is 53.2 Å². The van der Waals surface area contributed by atoms with Crippen molar-refractivity contribution in [2.24, 2.45) is 0 Å². The first kappa shape index (κ1) is 18.9. The lowest BCUT2D eigenvalue weighted by Crippen LogP contribution is -2.67. The van der Waals surface area contributed by atoms with E-state index in [1.54, 1.807) is 0 Å². The standard InChI is InChI=1S/C32H21N3Si/c1-2-14-24(15-3-1)35-29-20-5-4-16-25(29)33-26-17-6-10-22-11-7-18-27(31(22)26)34(36(33)35)28-19-8-12-23-13-9-21-30(35)32(23)28/h1-21H/q+1. The second-order valence-corrected chi connectivity index (χ2v) is 11.9. The van der Waals surface area contributed by atoms with Gasteiger partial charge in [0.05, 0.1) is 16.8 Å². The fraction of sp³-hybridized carbons (Fsp3) is 0. The number of benzene rings is 6. The van der Waals surface area contributed by atoms with Gasteiger partial charge in [0.2, 0.25) is 0 Å². The lowest BCUT2D eigenvalue weighted by atomic mass is 10.0. The Hall–Kier alpha value is -4.38.